The SMILES string of the molecule is COCCn1c(SCc2cn3cc(Cl)ccc3n2)nc2ccc(Br)cc2c1=O. The van der Waals surface area contributed by atoms with Crippen LogP contribution in [-0.4, -0.2) is 32.7 Å². The van der Waals surface area contributed by atoms with Gasteiger partial charge in [0.05, 0.1) is 34.8 Å². The van der Waals surface area contributed by atoms with E-state index in [1.807, 2.05) is 41.1 Å². The molecule has 3 heterocycles. The third-order valence-corrected chi connectivity index (χ3v) is 5.94. The van der Waals surface area contributed by atoms with E-state index in [2.05, 4.69) is 20.9 Å². The van der Waals surface area contributed by atoms with Gasteiger partial charge in [0.15, 0.2) is 5.16 Å². The zero-order chi connectivity index (χ0) is 19.7. The molecule has 4 rings (SSSR count). The van der Waals surface area contributed by atoms with E-state index in [4.69, 9.17) is 21.3 Å². The first kappa shape index (κ1) is 19.4. The molecular weight excluding hydrogens is 464 g/mol. The van der Waals surface area contributed by atoms with E-state index in [9.17, 15) is 4.79 Å². The molecule has 0 unspecified atom stereocenters. The summed E-state index contributed by atoms with van der Waals surface area (Å²) in [5.74, 6) is 0.584. The highest BCUT2D eigenvalue weighted by atomic mass is 79.9. The average molecular weight is 480 g/mol. The summed E-state index contributed by atoms with van der Waals surface area (Å²) in [6, 6.07) is 9.21. The molecule has 0 radical (unpaired) electrons. The van der Waals surface area contributed by atoms with E-state index < -0.39 is 0 Å². The van der Waals surface area contributed by atoms with Crippen molar-refractivity contribution in [1.82, 2.24) is 18.9 Å². The lowest BCUT2D eigenvalue weighted by atomic mass is 10.2. The number of halogens is 2. The van der Waals surface area contributed by atoms with E-state index in [0.29, 0.717) is 40.0 Å². The van der Waals surface area contributed by atoms with Crippen molar-refractivity contribution in [2.45, 2.75) is 17.5 Å². The molecule has 0 saturated carbocycles. The largest absolute Gasteiger partial charge is 0.383 e. The second-order valence-corrected chi connectivity index (χ2v) is 8.43. The standard InChI is InChI=1S/C19H16BrClN4O2S/c1-27-7-6-25-18(26)15-8-12(20)2-4-16(15)23-19(25)28-11-14-10-24-9-13(21)3-5-17(24)22-14/h2-5,8-10H,6-7,11H2,1H3. The van der Waals surface area contributed by atoms with Crippen molar-refractivity contribution in [2.24, 2.45) is 0 Å². The van der Waals surface area contributed by atoms with Crippen LogP contribution < -0.4 is 5.56 Å². The third kappa shape index (κ3) is 3.96. The highest BCUT2D eigenvalue weighted by molar-refractivity contribution is 9.10. The van der Waals surface area contributed by atoms with Gasteiger partial charge < -0.3 is 9.14 Å². The number of rotatable bonds is 6. The number of aromatic nitrogens is 4. The number of hydrogen-bond acceptors (Lipinski definition) is 5. The zero-order valence-electron chi connectivity index (χ0n) is 14.9. The zero-order valence-corrected chi connectivity index (χ0v) is 18.1. The molecule has 0 atom stereocenters. The molecule has 0 N–H and O–H groups in total. The fourth-order valence-corrected chi connectivity index (χ4v) is 4.33. The van der Waals surface area contributed by atoms with Gasteiger partial charge in [0.1, 0.15) is 5.65 Å². The number of imidazole rings is 1. The monoisotopic (exact) mass is 478 g/mol. The van der Waals surface area contributed by atoms with E-state index in [0.717, 1.165) is 15.8 Å². The van der Waals surface area contributed by atoms with Gasteiger partial charge in [-0.1, -0.05) is 39.3 Å². The molecular formula is C19H16BrClN4O2S. The van der Waals surface area contributed by atoms with Crippen LogP contribution in [0.1, 0.15) is 5.69 Å². The van der Waals surface area contributed by atoms with Crippen LogP contribution in [0.4, 0.5) is 0 Å². The molecule has 0 spiro atoms. The summed E-state index contributed by atoms with van der Waals surface area (Å²) < 4.78 is 9.57. The molecule has 0 aliphatic rings. The summed E-state index contributed by atoms with van der Waals surface area (Å²) in [5, 5.41) is 1.88. The maximum atomic E-state index is 13.0. The lowest BCUT2D eigenvalue weighted by molar-refractivity contribution is 0.183. The highest BCUT2D eigenvalue weighted by Gasteiger charge is 2.13. The highest BCUT2D eigenvalue weighted by Crippen LogP contribution is 2.24. The van der Waals surface area contributed by atoms with Crippen LogP contribution in [0.5, 0.6) is 0 Å². The van der Waals surface area contributed by atoms with Crippen LogP contribution in [0, 0.1) is 0 Å². The predicted molar refractivity (Wildman–Crippen MR) is 115 cm³/mol. The van der Waals surface area contributed by atoms with E-state index in [1.54, 1.807) is 17.7 Å². The lowest BCUT2D eigenvalue weighted by Gasteiger charge is -2.12. The van der Waals surface area contributed by atoms with Gasteiger partial charge in [-0.3, -0.25) is 9.36 Å². The van der Waals surface area contributed by atoms with Crippen molar-refractivity contribution >= 4 is 55.8 Å². The maximum Gasteiger partial charge on any atom is 0.262 e. The van der Waals surface area contributed by atoms with E-state index in [-0.39, 0.29) is 5.56 Å². The normalized spacial score (nSPS) is 11.5. The van der Waals surface area contributed by atoms with Gasteiger partial charge in [-0.2, -0.15) is 0 Å². The molecule has 9 heteroatoms. The molecule has 28 heavy (non-hydrogen) atoms. The fraction of sp³-hybridized carbons (Fsp3) is 0.211. The second-order valence-electron chi connectivity index (χ2n) is 6.14. The minimum atomic E-state index is -0.0763. The van der Waals surface area contributed by atoms with Crippen LogP contribution in [0.25, 0.3) is 16.6 Å². The van der Waals surface area contributed by atoms with Gasteiger partial charge in [-0.15, -0.1) is 0 Å². The van der Waals surface area contributed by atoms with Gasteiger partial charge in [0, 0.05) is 29.7 Å². The van der Waals surface area contributed by atoms with Crippen LogP contribution in [0.3, 0.4) is 0 Å². The fourth-order valence-electron chi connectivity index (χ4n) is 2.89. The number of thioether (sulfide) groups is 1. The first-order valence-electron chi connectivity index (χ1n) is 8.50. The molecule has 0 bridgehead atoms. The lowest BCUT2D eigenvalue weighted by Crippen LogP contribution is -2.25. The van der Waals surface area contributed by atoms with Gasteiger partial charge in [0.25, 0.3) is 5.56 Å². The van der Waals surface area contributed by atoms with Crippen LogP contribution in [0.15, 0.2) is 57.1 Å². The number of pyridine rings is 1. The van der Waals surface area contributed by atoms with Crippen molar-refractivity contribution in [3.05, 3.63) is 68.3 Å². The van der Waals surface area contributed by atoms with E-state index >= 15 is 0 Å². The Kier molecular flexibility index (Phi) is 5.73. The summed E-state index contributed by atoms with van der Waals surface area (Å²) in [6.07, 6.45) is 3.75. The van der Waals surface area contributed by atoms with Crippen molar-refractivity contribution in [1.29, 1.82) is 0 Å². The number of ether oxygens (including phenoxy) is 1. The molecule has 0 fully saturated rings. The Labute approximate surface area is 178 Å². The predicted octanol–water partition coefficient (Wildman–Crippen LogP) is 4.40. The Morgan fingerprint density at radius 3 is 2.89 bits per heavy atom. The van der Waals surface area contributed by atoms with Crippen LogP contribution in [0.2, 0.25) is 5.02 Å². The molecule has 0 amide bonds. The van der Waals surface area contributed by atoms with Crippen molar-refractivity contribution in [2.75, 3.05) is 13.7 Å². The molecule has 0 aliphatic carbocycles. The first-order valence-corrected chi connectivity index (χ1v) is 10.7. The van der Waals surface area contributed by atoms with Crippen molar-refractivity contribution in [3.63, 3.8) is 0 Å². The Morgan fingerprint density at radius 2 is 2.07 bits per heavy atom. The Hall–Kier alpha value is -1.87. The maximum absolute atomic E-state index is 13.0. The molecule has 6 nitrogen and oxygen atoms in total. The molecule has 0 aliphatic heterocycles. The topological polar surface area (TPSA) is 61.4 Å². The summed E-state index contributed by atoms with van der Waals surface area (Å²) in [6.45, 7) is 0.870. The second kappa shape index (κ2) is 8.24. The van der Waals surface area contributed by atoms with Gasteiger partial charge in [0.2, 0.25) is 0 Å². The Morgan fingerprint density at radius 1 is 1.21 bits per heavy atom. The molecule has 1 aromatic carbocycles. The number of fused-ring (bicyclic) bond motifs is 2. The summed E-state index contributed by atoms with van der Waals surface area (Å²) in [4.78, 5) is 22.3. The average Bonchev–Trinajstić information content (AvgIpc) is 3.08. The number of hydrogen-bond donors (Lipinski definition) is 0. The number of methoxy groups -OCH3 is 1. The molecule has 144 valence electrons. The first-order chi connectivity index (χ1) is 13.5. The summed E-state index contributed by atoms with van der Waals surface area (Å²) in [5.41, 5.74) is 2.31. The van der Waals surface area contributed by atoms with Gasteiger partial charge in [-0.05, 0) is 30.3 Å². The smallest absolute Gasteiger partial charge is 0.262 e. The molecule has 0 saturated heterocycles. The Bertz CT molecular complexity index is 1220. The minimum Gasteiger partial charge on any atom is -0.383 e. The van der Waals surface area contributed by atoms with Crippen LogP contribution in [-0.2, 0) is 17.0 Å². The third-order valence-electron chi connectivity index (χ3n) is 4.21. The van der Waals surface area contributed by atoms with Crippen molar-refractivity contribution in [3.8, 4) is 0 Å². The summed E-state index contributed by atoms with van der Waals surface area (Å²) >= 11 is 10.9. The molecule has 3 aromatic heterocycles. The number of nitrogens with zero attached hydrogens (tertiary/aromatic N) is 4. The van der Waals surface area contributed by atoms with Gasteiger partial charge >= 0.3 is 0 Å². The number of benzene rings is 1. The van der Waals surface area contributed by atoms with Crippen LogP contribution >= 0.6 is 39.3 Å². The Balaban J connectivity index is 1.69. The quantitative estimate of drug-likeness (QED) is 0.303. The van der Waals surface area contributed by atoms with E-state index in [1.165, 1.54) is 11.8 Å². The molecule has 4 aromatic rings. The summed E-state index contributed by atoms with van der Waals surface area (Å²) in [7, 11) is 1.62. The minimum absolute atomic E-state index is 0.0763. The van der Waals surface area contributed by atoms with Gasteiger partial charge in [-0.25, -0.2) is 9.97 Å². The van der Waals surface area contributed by atoms with Crippen molar-refractivity contribution < 1.29 is 4.74 Å².